The summed E-state index contributed by atoms with van der Waals surface area (Å²) in [5.74, 6) is -0.402. The Hall–Kier alpha value is -1.60. The van der Waals surface area contributed by atoms with Crippen LogP contribution in [0.25, 0.3) is 6.20 Å². The second-order valence-corrected chi connectivity index (χ2v) is 5.94. The number of ether oxygens (including phenoxy) is 1. The van der Waals surface area contributed by atoms with Gasteiger partial charge in [-0.2, -0.15) is 5.10 Å². The Balaban J connectivity index is 2.26. The maximum atomic E-state index is 11.9. The van der Waals surface area contributed by atoms with Crippen molar-refractivity contribution >= 4 is 49.7 Å². The predicted octanol–water partition coefficient (Wildman–Crippen LogP) is 3.91. The molecule has 0 aliphatic heterocycles. The molecule has 0 atom stereocenters. The van der Waals surface area contributed by atoms with Crippen LogP contribution in [0.15, 0.2) is 40.1 Å². The SMILES string of the molecule is C=Cn1cc(CNc2c(Br)cc(Br)cc2C(=O)OC)cn1. The van der Waals surface area contributed by atoms with E-state index in [9.17, 15) is 4.79 Å². The van der Waals surface area contributed by atoms with Crippen molar-refractivity contribution in [3.63, 3.8) is 0 Å². The number of anilines is 1. The Bertz CT molecular complexity index is 683. The molecule has 0 aliphatic carbocycles. The average Bonchev–Trinajstić information content (AvgIpc) is 2.92. The maximum absolute atomic E-state index is 11.9. The highest BCUT2D eigenvalue weighted by Crippen LogP contribution is 2.31. The maximum Gasteiger partial charge on any atom is 0.340 e. The summed E-state index contributed by atoms with van der Waals surface area (Å²) in [5.41, 5.74) is 2.10. The van der Waals surface area contributed by atoms with Crippen LogP contribution in [0, 0.1) is 0 Å². The highest BCUT2D eigenvalue weighted by molar-refractivity contribution is 9.11. The molecule has 2 aromatic rings. The van der Waals surface area contributed by atoms with Gasteiger partial charge in [-0.3, -0.25) is 0 Å². The van der Waals surface area contributed by atoms with Crippen LogP contribution < -0.4 is 5.32 Å². The Morgan fingerprint density at radius 3 is 2.90 bits per heavy atom. The summed E-state index contributed by atoms with van der Waals surface area (Å²) in [6, 6.07) is 3.58. The molecule has 0 saturated heterocycles. The summed E-state index contributed by atoms with van der Waals surface area (Å²) in [6.07, 6.45) is 5.20. The zero-order valence-corrected chi connectivity index (χ0v) is 14.4. The zero-order chi connectivity index (χ0) is 15.4. The molecular formula is C14H13Br2N3O2. The Morgan fingerprint density at radius 1 is 1.52 bits per heavy atom. The molecule has 5 nitrogen and oxygen atoms in total. The third kappa shape index (κ3) is 3.74. The number of carbonyl (C=O) groups excluding carboxylic acids is 1. The monoisotopic (exact) mass is 413 g/mol. The lowest BCUT2D eigenvalue weighted by atomic mass is 10.1. The van der Waals surface area contributed by atoms with E-state index in [-0.39, 0.29) is 0 Å². The summed E-state index contributed by atoms with van der Waals surface area (Å²) < 4.78 is 7.99. The lowest BCUT2D eigenvalue weighted by molar-refractivity contribution is 0.0601. The van der Waals surface area contributed by atoms with Crippen LogP contribution in [-0.2, 0) is 11.3 Å². The first kappa shape index (κ1) is 15.8. The van der Waals surface area contributed by atoms with Crippen molar-refractivity contribution in [1.29, 1.82) is 0 Å². The second kappa shape index (κ2) is 6.91. The zero-order valence-electron chi connectivity index (χ0n) is 11.3. The Morgan fingerprint density at radius 2 is 2.29 bits per heavy atom. The van der Waals surface area contributed by atoms with E-state index in [2.05, 4.69) is 48.9 Å². The number of hydrogen-bond donors (Lipinski definition) is 1. The molecule has 0 fully saturated rings. The molecule has 2 rings (SSSR count). The van der Waals surface area contributed by atoms with E-state index in [1.807, 2.05) is 12.3 Å². The molecule has 0 radical (unpaired) electrons. The van der Waals surface area contributed by atoms with Gasteiger partial charge in [0.2, 0.25) is 0 Å². The molecule has 0 aliphatic rings. The van der Waals surface area contributed by atoms with Crippen molar-refractivity contribution < 1.29 is 9.53 Å². The number of halogens is 2. The van der Waals surface area contributed by atoms with Crippen molar-refractivity contribution in [2.75, 3.05) is 12.4 Å². The molecular weight excluding hydrogens is 402 g/mol. The van der Waals surface area contributed by atoms with Gasteiger partial charge in [-0.05, 0) is 28.1 Å². The van der Waals surface area contributed by atoms with Crippen molar-refractivity contribution in [3.8, 4) is 0 Å². The van der Waals surface area contributed by atoms with Gasteiger partial charge in [-0.1, -0.05) is 22.5 Å². The first-order valence-electron chi connectivity index (χ1n) is 6.02. The minimum Gasteiger partial charge on any atom is -0.465 e. The minimum absolute atomic E-state index is 0.402. The fourth-order valence-corrected chi connectivity index (χ4v) is 3.15. The van der Waals surface area contributed by atoms with Crippen molar-refractivity contribution in [2.45, 2.75) is 6.54 Å². The number of methoxy groups -OCH3 is 1. The largest absolute Gasteiger partial charge is 0.465 e. The van der Waals surface area contributed by atoms with Crippen molar-refractivity contribution in [3.05, 3.63) is 51.2 Å². The number of aromatic nitrogens is 2. The molecule has 1 N–H and O–H groups in total. The molecule has 1 heterocycles. The molecule has 0 bridgehead atoms. The standard InChI is InChI=1S/C14H13Br2N3O2/c1-3-19-8-9(7-18-19)6-17-13-11(14(20)21-2)4-10(15)5-12(13)16/h3-5,7-8,17H,1,6H2,2H3. The van der Waals surface area contributed by atoms with Gasteiger partial charge in [-0.25, -0.2) is 9.48 Å². The van der Waals surface area contributed by atoms with Gasteiger partial charge in [0.1, 0.15) is 0 Å². The first-order chi connectivity index (χ1) is 10.0. The number of benzene rings is 1. The van der Waals surface area contributed by atoms with E-state index in [0.717, 1.165) is 14.5 Å². The quantitative estimate of drug-likeness (QED) is 0.753. The highest BCUT2D eigenvalue weighted by Gasteiger charge is 2.16. The molecule has 7 heteroatoms. The van der Waals surface area contributed by atoms with Gasteiger partial charge in [0.25, 0.3) is 0 Å². The molecule has 1 aromatic heterocycles. The summed E-state index contributed by atoms with van der Waals surface area (Å²) >= 11 is 6.81. The molecule has 0 spiro atoms. The number of nitrogens with zero attached hydrogens (tertiary/aromatic N) is 2. The fraction of sp³-hybridized carbons (Fsp3) is 0.143. The normalized spacial score (nSPS) is 10.2. The minimum atomic E-state index is -0.402. The average molecular weight is 415 g/mol. The molecule has 1 aromatic carbocycles. The van der Waals surface area contributed by atoms with Crippen LogP contribution in [0.5, 0.6) is 0 Å². The third-order valence-electron chi connectivity index (χ3n) is 2.77. The van der Waals surface area contributed by atoms with E-state index < -0.39 is 5.97 Å². The van der Waals surface area contributed by atoms with Crippen molar-refractivity contribution in [1.82, 2.24) is 9.78 Å². The topological polar surface area (TPSA) is 56.2 Å². The Labute approximate surface area is 139 Å². The van der Waals surface area contributed by atoms with Gasteiger partial charge in [0.05, 0.1) is 24.6 Å². The summed E-state index contributed by atoms with van der Waals surface area (Å²) in [6.45, 7) is 4.17. The second-order valence-electron chi connectivity index (χ2n) is 4.17. The molecule has 21 heavy (non-hydrogen) atoms. The summed E-state index contributed by atoms with van der Waals surface area (Å²) in [4.78, 5) is 11.9. The number of rotatable bonds is 5. The molecule has 0 amide bonds. The van der Waals surface area contributed by atoms with Gasteiger partial charge in [0, 0.05) is 33.5 Å². The van der Waals surface area contributed by atoms with Crippen LogP contribution in [0.2, 0.25) is 0 Å². The number of nitrogens with one attached hydrogen (secondary N) is 1. The van der Waals surface area contributed by atoms with E-state index in [4.69, 9.17) is 4.74 Å². The molecule has 0 saturated carbocycles. The highest BCUT2D eigenvalue weighted by atomic mass is 79.9. The van der Waals surface area contributed by atoms with E-state index in [1.165, 1.54) is 7.11 Å². The molecule has 110 valence electrons. The molecule has 0 unspecified atom stereocenters. The van der Waals surface area contributed by atoms with Gasteiger partial charge in [0.15, 0.2) is 0 Å². The summed E-state index contributed by atoms with van der Waals surface area (Å²) in [7, 11) is 1.36. The Kier molecular flexibility index (Phi) is 5.19. The fourth-order valence-electron chi connectivity index (χ4n) is 1.78. The lowest BCUT2D eigenvalue weighted by Gasteiger charge is -2.13. The van der Waals surface area contributed by atoms with E-state index >= 15 is 0 Å². The third-order valence-corrected chi connectivity index (χ3v) is 3.85. The lowest BCUT2D eigenvalue weighted by Crippen LogP contribution is -2.09. The predicted molar refractivity (Wildman–Crippen MR) is 89.1 cm³/mol. The van der Waals surface area contributed by atoms with E-state index in [0.29, 0.717) is 17.8 Å². The van der Waals surface area contributed by atoms with E-state index in [1.54, 1.807) is 23.1 Å². The summed E-state index contributed by atoms with van der Waals surface area (Å²) in [5, 5.41) is 7.33. The van der Waals surface area contributed by atoms with Gasteiger partial charge < -0.3 is 10.1 Å². The smallest absolute Gasteiger partial charge is 0.340 e. The van der Waals surface area contributed by atoms with Gasteiger partial charge >= 0.3 is 5.97 Å². The first-order valence-corrected chi connectivity index (χ1v) is 7.60. The van der Waals surface area contributed by atoms with Crippen LogP contribution in [-0.4, -0.2) is 22.9 Å². The van der Waals surface area contributed by atoms with Crippen LogP contribution in [0.3, 0.4) is 0 Å². The number of hydrogen-bond acceptors (Lipinski definition) is 4. The number of carbonyl (C=O) groups is 1. The van der Waals surface area contributed by atoms with Gasteiger partial charge in [-0.15, -0.1) is 0 Å². The van der Waals surface area contributed by atoms with Crippen molar-refractivity contribution in [2.24, 2.45) is 0 Å². The van der Waals surface area contributed by atoms with Crippen LogP contribution >= 0.6 is 31.9 Å². The van der Waals surface area contributed by atoms with Crippen LogP contribution in [0.4, 0.5) is 5.69 Å². The number of esters is 1. The van der Waals surface area contributed by atoms with Crippen LogP contribution in [0.1, 0.15) is 15.9 Å².